The Hall–Kier alpha value is -3.89. The lowest BCUT2D eigenvalue weighted by molar-refractivity contribution is -0.143. The summed E-state index contributed by atoms with van der Waals surface area (Å²) in [7, 11) is 1.58. The number of carbonyl (C=O) groups excluding carboxylic acids is 5. The van der Waals surface area contributed by atoms with Crippen LogP contribution < -0.4 is 20.7 Å². The predicted octanol–water partition coefficient (Wildman–Crippen LogP) is 2.55. The Balaban J connectivity index is 1.23. The first-order chi connectivity index (χ1) is 21.1. The van der Waals surface area contributed by atoms with Crippen LogP contribution in [-0.4, -0.2) is 78.1 Å². The van der Waals surface area contributed by atoms with Gasteiger partial charge in [-0.2, -0.15) is 0 Å². The highest BCUT2D eigenvalue weighted by Crippen LogP contribution is 2.65. The zero-order valence-corrected chi connectivity index (χ0v) is 25.7. The summed E-state index contributed by atoms with van der Waals surface area (Å²) in [5.41, 5.74) is 0.976. The number of aromatic nitrogens is 1. The maximum absolute atomic E-state index is 14.4. The third-order valence-electron chi connectivity index (χ3n) is 10.7. The Morgan fingerprint density at radius 1 is 1.14 bits per heavy atom. The van der Waals surface area contributed by atoms with E-state index >= 15 is 0 Å². The number of aromatic amines is 1. The van der Waals surface area contributed by atoms with Crippen molar-refractivity contribution in [1.82, 2.24) is 25.8 Å². The molecule has 4 amide bonds. The van der Waals surface area contributed by atoms with E-state index in [1.165, 1.54) is 0 Å². The van der Waals surface area contributed by atoms with Crippen molar-refractivity contribution in [3.8, 4) is 5.75 Å². The van der Waals surface area contributed by atoms with Crippen molar-refractivity contribution in [2.75, 3.05) is 20.2 Å². The van der Waals surface area contributed by atoms with Gasteiger partial charge in [0.1, 0.15) is 29.8 Å². The quantitative estimate of drug-likeness (QED) is 0.306. The van der Waals surface area contributed by atoms with Gasteiger partial charge in [-0.3, -0.25) is 19.2 Å². The summed E-state index contributed by atoms with van der Waals surface area (Å²) in [5, 5.41) is 9.47. The SMILES string of the molecule is COc1cccc2[nH]c(C(=O)N[C@H](C(=O)N3C[C@H]4[C@@H]([C@H]3C(=O)N[C@H](C=O)C[C@@H]3CCNC3=O)C4(C)C)C3CCCCC3)cc12. The van der Waals surface area contributed by atoms with Crippen molar-refractivity contribution in [3.63, 3.8) is 0 Å². The smallest absolute Gasteiger partial charge is 0.268 e. The van der Waals surface area contributed by atoms with Crippen LogP contribution in [0.2, 0.25) is 0 Å². The standard InChI is InChI=1S/C33H43N5O6/c1-33(2)22-16-38(28(26(22)33)31(42)35-20(17-39)14-19-12-13-34-29(19)40)32(43)27(18-8-5-4-6-9-18)37-30(41)24-15-21-23(36-24)10-7-11-25(21)44-3/h7,10-11,15,17-20,22,26-28,36H,4-6,8-9,12-14,16H2,1-3H3,(H,34,40)(H,35,42)(H,37,41)/t19-,20-,22-,26-,27-,28-/m0/s1. The van der Waals surface area contributed by atoms with Gasteiger partial charge in [-0.15, -0.1) is 0 Å². The number of piperidine rings is 1. The first kappa shape index (κ1) is 30.1. The first-order valence-electron chi connectivity index (χ1n) is 15.9. The largest absolute Gasteiger partial charge is 0.496 e. The number of benzene rings is 1. The second kappa shape index (κ2) is 11.9. The lowest BCUT2D eigenvalue weighted by Gasteiger charge is -2.37. The molecule has 236 valence electrons. The number of carbonyl (C=O) groups is 5. The summed E-state index contributed by atoms with van der Waals surface area (Å²) in [6, 6.07) is 4.93. The van der Waals surface area contributed by atoms with Crippen LogP contribution in [-0.2, 0) is 19.2 Å². The van der Waals surface area contributed by atoms with Gasteiger partial charge in [-0.25, -0.2) is 0 Å². The topological polar surface area (TPSA) is 150 Å². The van der Waals surface area contributed by atoms with Crippen LogP contribution in [0.1, 0.15) is 69.3 Å². The first-order valence-corrected chi connectivity index (χ1v) is 15.9. The van der Waals surface area contributed by atoms with Crippen LogP contribution in [0.25, 0.3) is 10.9 Å². The van der Waals surface area contributed by atoms with Gasteiger partial charge >= 0.3 is 0 Å². The molecule has 11 nitrogen and oxygen atoms in total. The number of aldehydes is 1. The molecule has 2 aliphatic carbocycles. The lowest BCUT2D eigenvalue weighted by Crippen LogP contribution is -2.59. The molecule has 1 aromatic carbocycles. The number of nitrogens with zero attached hydrogens (tertiary/aromatic N) is 1. The number of hydrogen-bond donors (Lipinski definition) is 4. The van der Waals surface area contributed by atoms with Crippen LogP contribution in [0.4, 0.5) is 0 Å². The van der Waals surface area contributed by atoms with E-state index in [1.54, 1.807) is 18.1 Å². The van der Waals surface area contributed by atoms with E-state index in [0.29, 0.717) is 37.2 Å². The molecule has 4 N–H and O–H groups in total. The maximum Gasteiger partial charge on any atom is 0.268 e. The summed E-state index contributed by atoms with van der Waals surface area (Å²) >= 11 is 0. The molecule has 0 bridgehead atoms. The summed E-state index contributed by atoms with van der Waals surface area (Å²) in [6.45, 7) is 5.20. The van der Waals surface area contributed by atoms with E-state index in [1.807, 2.05) is 18.2 Å². The van der Waals surface area contributed by atoms with Crippen LogP contribution >= 0.6 is 0 Å². The zero-order chi connectivity index (χ0) is 31.2. The van der Waals surface area contributed by atoms with Crippen molar-refractivity contribution in [3.05, 3.63) is 30.0 Å². The second-order valence-corrected chi connectivity index (χ2v) is 13.6. The molecule has 6 atom stereocenters. The van der Waals surface area contributed by atoms with Crippen molar-refractivity contribution in [2.45, 2.75) is 76.9 Å². The number of H-pyrrole nitrogens is 1. The van der Waals surface area contributed by atoms with Crippen molar-refractivity contribution in [2.24, 2.45) is 29.1 Å². The van der Waals surface area contributed by atoms with E-state index in [0.717, 1.165) is 43.0 Å². The Morgan fingerprint density at radius 3 is 2.59 bits per heavy atom. The molecule has 2 saturated heterocycles. The van der Waals surface area contributed by atoms with Gasteiger partial charge in [0, 0.05) is 29.9 Å². The van der Waals surface area contributed by atoms with E-state index in [-0.39, 0.29) is 59.1 Å². The third kappa shape index (κ3) is 5.45. The van der Waals surface area contributed by atoms with Gasteiger partial charge in [-0.1, -0.05) is 39.2 Å². The van der Waals surface area contributed by atoms with E-state index in [9.17, 15) is 24.0 Å². The van der Waals surface area contributed by atoms with Crippen molar-refractivity contribution in [1.29, 1.82) is 0 Å². The van der Waals surface area contributed by atoms with Gasteiger partial charge in [0.2, 0.25) is 17.7 Å². The van der Waals surface area contributed by atoms with Gasteiger partial charge in [0.05, 0.1) is 13.2 Å². The number of fused-ring (bicyclic) bond motifs is 2. The molecule has 2 saturated carbocycles. The molecule has 2 aliphatic heterocycles. The molecule has 44 heavy (non-hydrogen) atoms. The average Bonchev–Trinajstić information content (AvgIpc) is 3.54. The second-order valence-electron chi connectivity index (χ2n) is 13.6. The maximum atomic E-state index is 14.4. The number of nitrogens with one attached hydrogen (secondary N) is 4. The number of likely N-dealkylation sites (tertiary alicyclic amines) is 1. The minimum Gasteiger partial charge on any atom is -0.496 e. The molecular weight excluding hydrogens is 562 g/mol. The molecule has 1 aromatic heterocycles. The highest BCUT2D eigenvalue weighted by Gasteiger charge is 2.69. The van der Waals surface area contributed by atoms with Gasteiger partial charge in [0.15, 0.2) is 0 Å². The van der Waals surface area contributed by atoms with Crippen LogP contribution in [0.3, 0.4) is 0 Å². The zero-order valence-electron chi connectivity index (χ0n) is 25.7. The Kier molecular flexibility index (Phi) is 8.15. The fourth-order valence-electron chi connectivity index (χ4n) is 8.08. The normalized spacial score (nSPS) is 27.2. The predicted molar refractivity (Wildman–Crippen MR) is 163 cm³/mol. The van der Waals surface area contributed by atoms with Gasteiger partial charge < -0.3 is 35.4 Å². The molecular formula is C33H43N5O6. The van der Waals surface area contributed by atoms with Crippen LogP contribution in [0.5, 0.6) is 5.75 Å². The molecule has 0 radical (unpaired) electrons. The molecule has 11 heteroatoms. The van der Waals surface area contributed by atoms with E-state index in [4.69, 9.17) is 4.74 Å². The highest BCUT2D eigenvalue weighted by atomic mass is 16.5. The minimum atomic E-state index is -0.818. The Morgan fingerprint density at radius 2 is 1.91 bits per heavy atom. The fourth-order valence-corrected chi connectivity index (χ4v) is 8.08. The third-order valence-corrected chi connectivity index (χ3v) is 10.7. The number of rotatable bonds is 10. The van der Waals surface area contributed by atoms with Crippen molar-refractivity contribution < 1.29 is 28.7 Å². The van der Waals surface area contributed by atoms with Gasteiger partial charge in [-0.05, 0) is 67.1 Å². The minimum absolute atomic E-state index is 0.0441. The molecule has 0 unspecified atom stereocenters. The number of amides is 4. The Bertz CT molecular complexity index is 1460. The fraction of sp³-hybridized carbons (Fsp3) is 0.606. The summed E-state index contributed by atoms with van der Waals surface area (Å²) in [6.07, 6.45) is 6.21. The van der Waals surface area contributed by atoms with Crippen LogP contribution in [0, 0.1) is 29.1 Å². The van der Waals surface area contributed by atoms with Crippen LogP contribution in [0.15, 0.2) is 24.3 Å². The summed E-state index contributed by atoms with van der Waals surface area (Å²) in [4.78, 5) is 70.8. The van der Waals surface area contributed by atoms with E-state index < -0.39 is 18.1 Å². The molecule has 4 aliphatic rings. The molecule has 0 spiro atoms. The molecule has 2 aromatic rings. The number of hydrogen-bond acceptors (Lipinski definition) is 6. The van der Waals surface area contributed by atoms with E-state index in [2.05, 4.69) is 34.8 Å². The molecule has 3 heterocycles. The monoisotopic (exact) mass is 605 g/mol. The average molecular weight is 606 g/mol. The Labute approximate surface area is 257 Å². The number of methoxy groups -OCH3 is 1. The number of ether oxygens (including phenoxy) is 1. The van der Waals surface area contributed by atoms with Gasteiger partial charge in [0.25, 0.3) is 5.91 Å². The molecule has 4 fully saturated rings. The summed E-state index contributed by atoms with van der Waals surface area (Å²) in [5.74, 6) is -0.723. The lowest BCUT2D eigenvalue weighted by atomic mass is 9.83. The van der Waals surface area contributed by atoms with Crippen molar-refractivity contribution >= 4 is 40.8 Å². The molecule has 6 rings (SSSR count). The summed E-state index contributed by atoms with van der Waals surface area (Å²) < 4.78 is 5.45. The highest BCUT2D eigenvalue weighted by molar-refractivity contribution is 6.02.